The molecule has 0 aliphatic carbocycles. The molecule has 0 saturated heterocycles. The number of rotatable bonds is 6. The Balaban J connectivity index is 1.71. The largest absolute Gasteiger partial charge is 0.444 e. The van der Waals surface area contributed by atoms with Crippen LogP contribution in [0, 0.1) is 0 Å². The fourth-order valence-electron chi connectivity index (χ4n) is 2.55. The second kappa shape index (κ2) is 9.50. The van der Waals surface area contributed by atoms with Crippen LogP contribution in [0.3, 0.4) is 0 Å². The molecule has 1 aromatic heterocycles. The van der Waals surface area contributed by atoms with E-state index in [1.807, 2.05) is 45.2 Å². The van der Waals surface area contributed by atoms with E-state index in [2.05, 4.69) is 25.9 Å². The van der Waals surface area contributed by atoms with Gasteiger partial charge in [0.25, 0.3) is 0 Å². The maximum atomic E-state index is 11.6. The number of alkyl carbamates (subject to hydrolysis) is 1. The third kappa shape index (κ3) is 7.02. The molecule has 7 nitrogen and oxygen atoms in total. The number of guanidine groups is 1. The number of carbonyl (C=O) groups is 1. The highest BCUT2D eigenvalue weighted by Gasteiger charge is 2.15. The molecule has 0 spiro atoms. The Morgan fingerprint density at radius 2 is 1.89 bits per heavy atom. The maximum absolute atomic E-state index is 11.6. The molecule has 8 heteroatoms. The number of carbonyl (C=O) groups excluding carboxylic acids is 1. The minimum atomic E-state index is -0.498. The predicted molar refractivity (Wildman–Crippen MR) is 111 cm³/mol. The van der Waals surface area contributed by atoms with Gasteiger partial charge in [0.15, 0.2) is 5.96 Å². The van der Waals surface area contributed by atoms with Gasteiger partial charge in [0.2, 0.25) is 0 Å². The first-order chi connectivity index (χ1) is 12.8. The Hall–Kier alpha value is -2.41. The number of ether oxygens (including phenoxy) is 1. The maximum Gasteiger partial charge on any atom is 0.407 e. The highest BCUT2D eigenvalue weighted by atomic mass is 35.5. The van der Waals surface area contributed by atoms with Gasteiger partial charge in [-0.15, -0.1) is 0 Å². The number of hydrogen-bond acceptors (Lipinski definition) is 3. The summed E-state index contributed by atoms with van der Waals surface area (Å²) in [5, 5.41) is 11.0. The highest BCUT2D eigenvalue weighted by Crippen LogP contribution is 2.22. The van der Waals surface area contributed by atoms with E-state index in [4.69, 9.17) is 16.3 Å². The van der Waals surface area contributed by atoms with Gasteiger partial charge in [-0.25, -0.2) is 4.79 Å². The van der Waals surface area contributed by atoms with E-state index in [1.54, 1.807) is 7.05 Å². The molecule has 1 aromatic carbocycles. The van der Waals surface area contributed by atoms with Crippen LogP contribution in [0.15, 0.2) is 29.4 Å². The minimum absolute atomic E-state index is 0.426. The summed E-state index contributed by atoms with van der Waals surface area (Å²) in [5.41, 5.74) is 1.77. The molecule has 0 fully saturated rings. The summed E-state index contributed by atoms with van der Waals surface area (Å²) in [6.07, 6.45) is 2.41. The van der Waals surface area contributed by atoms with Gasteiger partial charge in [0.1, 0.15) is 5.60 Å². The zero-order chi connectivity index (χ0) is 19.9. The van der Waals surface area contributed by atoms with Crippen LogP contribution in [-0.4, -0.2) is 49.3 Å². The second-order valence-electron chi connectivity index (χ2n) is 7.11. The second-order valence-corrected chi connectivity index (χ2v) is 7.54. The first-order valence-electron chi connectivity index (χ1n) is 8.95. The minimum Gasteiger partial charge on any atom is -0.444 e. The molecule has 0 aliphatic rings. The van der Waals surface area contributed by atoms with E-state index >= 15 is 0 Å². The van der Waals surface area contributed by atoms with Crippen molar-refractivity contribution in [2.45, 2.75) is 32.8 Å². The van der Waals surface area contributed by atoms with Crippen molar-refractivity contribution in [3.05, 3.63) is 35.0 Å². The lowest BCUT2D eigenvalue weighted by molar-refractivity contribution is 0.0529. The van der Waals surface area contributed by atoms with Crippen molar-refractivity contribution >= 4 is 34.6 Å². The number of aliphatic imine (C=N–C) groups is 1. The lowest BCUT2D eigenvalue weighted by Gasteiger charge is -2.19. The van der Waals surface area contributed by atoms with Gasteiger partial charge in [0, 0.05) is 48.8 Å². The van der Waals surface area contributed by atoms with E-state index in [0.717, 1.165) is 28.9 Å². The van der Waals surface area contributed by atoms with Crippen molar-refractivity contribution in [1.82, 2.24) is 20.9 Å². The Morgan fingerprint density at radius 1 is 1.19 bits per heavy atom. The number of aromatic amines is 1. The van der Waals surface area contributed by atoms with E-state index in [9.17, 15) is 4.79 Å². The zero-order valence-electron chi connectivity index (χ0n) is 16.3. The van der Waals surface area contributed by atoms with Crippen molar-refractivity contribution in [1.29, 1.82) is 0 Å². The smallest absolute Gasteiger partial charge is 0.407 e. The molecular formula is C19H28ClN5O2. The first-order valence-corrected chi connectivity index (χ1v) is 9.33. The number of halogens is 1. The molecule has 0 saturated carbocycles. The number of benzene rings is 1. The van der Waals surface area contributed by atoms with E-state index in [1.165, 1.54) is 5.56 Å². The standard InChI is InChI=1S/C19H28ClN5O2/c1-19(2,3)27-18(26)24-10-9-23-17(21-4)22-8-7-13-12-25-16-6-5-14(20)11-15(13)16/h5-6,11-12,25H,7-10H2,1-4H3,(H,24,26)(H2,21,22,23). The lowest BCUT2D eigenvalue weighted by atomic mass is 10.1. The normalized spacial score (nSPS) is 12.1. The number of amides is 1. The Kier molecular flexibility index (Phi) is 7.36. The molecule has 0 radical (unpaired) electrons. The van der Waals surface area contributed by atoms with Gasteiger partial charge < -0.3 is 25.7 Å². The van der Waals surface area contributed by atoms with E-state index in [0.29, 0.717) is 19.0 Å². The van der Waals surface area contributed by atoms with Crippen LogP contribution >= 0.6 is 11.6 Å². The van der Waals surface area contributed by atoms with Gasteiger partial charge >= 0.3 is 6.09 Å². The summed E-state index contributed by atoms with van der Waals surface area (Å²) in [6.45, 7) is 7.20. The molecule has 0 aliphatic heterocycles. The molecule has 1 amide bonds. The molecule has 0 bridgehead atoms. The van der Waals surface area contributed by atoms with E-state index < -0.39 is 11.7 Å². The summed E-state index contributed by atoms with van der Waals surface area (Å²) < 4.78 is 5.18. The monoisotopic (exact) mass is 393 g/mol. The SMILES string of the molecule is CN=C(NCCNC(=O)OC(C)(C)C)NCCc1c[nH]c2ccc(Cl)cc12. The van der Waals surface area contributed by atoms with Crippen molar-refractivity contribution < 1.29 is 9.53 Å². The summed E-state index contributed by atoms with van der Waals surface area (Å²) in [5.74, 6) is 0.680. The number of aromatic nitrogens is 1. The molecule has 0 unspecified atom stereocenters. The summed E-state index contributed by atoms with van der Waals surface area (Å²) >= 11 is 6.09. The predicted octanol–water partition coefficient (Wildman–Crippen LogP) is 3.05. The van der Waals surface area contributed by atoms with Crippen molar-refractivity contribution in [2.75, 3.05) is 26.7 Å². The quantitative estimate of drug-likeness (QED) is 0.345. The average Bonchev–Trinajstić information content (AvgIpc) is 2.97. The van der Waals surface area contributed by atoms with Crippen LogP contribution in [-0.2, 0) is 11.2 Å². The zero-order valence-corrected chi connectivity index (χ0v) is 17.0. The Morgan fingerprint density at radius 3 is 2.59 bits per heavy atom. The fraction of sp³-hybridized carbons (Fsp3) is 0.474. The summed E-state index contributed by atoms with van der Waals surface area (Å²) in [7, 11) is 1.71. The fourth-order valence-corrected chi connectivity index (χ4v) is 2.73. The molecular weight excluding hydrogens is 366 g/mol. The molecule has 2 rings (SSSR count). The molecule has 4 N–H and O–H groups in total. The van der Waals surface area contributed by atoms with Gasteiger partial charge in [-0.3, -0.25) is 4.99 Å². The first kappa shape index (κ1) is 20.9. The number of H-pyrrole nitrogens is 1. The molecule has 0 atom stereocenters. The van der Waals surface area contributed by atoms with Crippen LogP contribution in [0.5, 0.6) is 0 Å². The third-order valence-electron chi connectivity index (χ3n) is 3.73. The van der Waals surface area contributed by atoms with Crippen LogP contribution in [0.1, 0.15) is 26.3 Å². The Labute approximate surface area is 164 Å². The van der Waals surface area contributed by atoms with Crippen LogP contribution in [0.25, 0.3) is 10.9 Å². The van der Waals surface area contributed by atoms with Gasteiger partial charge in [-0.05, 0) is 51.0 Å². The molecule has 1 heterocycles. The highest BCUT2D eigenvalue weighted by molar-refractivity contribution is 6.31. The van der Waals surface area contributed by atoms with Crippen molar-refractivity contribution in [2.24, 2.45) is 4.99 Å². The summed E-state index contributed by atoms with van der Waals surface area (Å²) in [4.78, 5) is 19.0. The van der Waals surface area contributed by atoms with Gasteiger partial charge in [-0.2, -0.15) is 0 Å². The third-order valence-corrected chi connectivity index (χ3v) is 3.96. The average molecular weight is 394 g/mol. The summed E-state index contributed by atoms with van der Waals surface area (Å²) in [6, 6.07) is 5.82. The topological polar surface area (TPSA) is 90.5 Å². The van der Waals surface area contributed by atoms with Crippen LogP contribution in [0.4, 0.5) is 4.79 Å². The number of nitrogens with one attached hydrogen (secondary N) is 4. The number of hydrogen-bond donors (Lipinski definition) is 4. The van der Waals surface area contributed by atoms with E-state index in [-0.39, 0.29) is 0 Å². The Bertz CT molecular complexity index is 795. The van der Waals surface area contributed by atoms with Gasteiger partial charge in [-0.1, -0.05) is 11.6 Å². The van der Waals surface area contributed by atoms with Crippen LogP contribution in [0.2, 0.25) is 5.02 Å². The molecule has 148 valence electrons. The van der Waals surface area contributed by atoms with Crippen molar-refractivity contribution in [3.63, 3.8) is 0 Å². The van der Waals surface area contributed by atoms with Crippen molar-refractivity contribution in [3.8, 4) is 0 Å². The van der Waals surface area contributed by atoms with Crippen LogP contribution < -0.4 is 16.0 Å². The number of fused-ring (bicyclic) bond motifs is 1. The molecule has 2 aromatic rings. The number of nitrogens with zero attached hydrogens (tertiary/aromatic N) is 1. The molecule has 27 heavy (non-hydrogen) atoms. The lowest BCUT2D eigenvalue weighted by Crippen LogP contribution is -2.42. The van der Waals surface area contributed by atoms with Gasteiger partial charge in [0.05, 0.1) is 0 Å².